The number of anilines is 1. The number of amides is 1. The van der Waals surface area contributed by atoms with Gasteiger partial charge in [0.25, 0.3) is 5.91 Å². The zero-order chi connectivity index (χ0) is 15.5. The van der Waals surface area contributed by atoms with Gasteiger partial charge in [-0.25, -0.2) is 0 Å². The Morgan fingerprint density at radius 1 is 1.05 bits per heavy atom. The highest BCUT2D eigenvalue weighted by Crippen LogP contribution is 2.30. The lowest BCUT2D eigenvalue weighted by molar-refractivity contribution is -0.137. The molecule has 0 aromatic heterocycles. The fourth-order valence-corrected chi connectivity index (χ4v) is 1.77. The Hall–Kier alpha value is -2.34. The maximum absolute atomic E-state index is 12.6. The van der Waals surface area contributed by atoms with Crippen LogP contribution in [0, 0.1) is 0 Å². The molecule has 1 unspecified atom stereocenters. The topological polar surface area (TPSA) is 49.3 Å². The maximum Gasteiger partial charge on any atom is 0.416 e. The molecular formula is C15H12F3NO2. The molecule has 110 valence electrons. The van der Waals surface area contributed by atoms with Gasteiger partial charge in [-0.1, -0.05) is 36.4 Å². The highest BCUT2D eigenvalue weighted by Gasteiger charge is 2.30. The second kappa shape index (κ2) is 5.97. The van der Waals surface area contributed by atoms with E-state index >= 15 is 0 Å². The quantitative estimate of drug-likeness (QED) is 0.912. The number of alkyl halides is 3. The monoisotopic (exact) mass is 295 g/mol. The Bertz CT molecular complexity index is 626. The maximum atomic E-state index is 12.6. The van der Waals surface area contributed by atoms with Crippen molar-refractivity contribution in [2.45, 2.75) is 12.3 Å². The van der Waals surface area contributed by atoms with E-state index in [9.17, 15) is 23.1 Å². The van der Waals surface area contributed by atoms with Crippen LogP contribution in [0.4, 0.5) is 18.9 Å². The van der Waals surface area contributed by atoms with Crippen LogP contribution in [-0.4, -0.2) is 11.0 Å². The molecule has 21 heavy (non-hydrogen) atoms. The first-order valence-corrected chi connectivity index (χ1v) is 6.09. The summed E-state index contributed by atoms with van der Waals surface area (Å²) in [4.78, 5) is 11.8. The van der Waals surface area contributed by atoms with Crippen molar-refractivity contribution in [3.8, 4) is 0 Å². The molecule has 0 spiro atoms. The van der Waals surface area contributed by atoms with Gasteiger partial charge in [-0.2, -0.15) is 13.2 Å². The van der Waals surface area contributed by atoms with Gasteiger partial charge in [0, 0.05) is 5.69 Å². The Balaban J connectivity index is 2.13. The Morgan fingerprint density at radius 3 is 2.33 bits per heavy atom. The average molecular weight is 295 g/mol. The molecule has 0 aliphatic rings. The third kappa shape index (κ3) is 3.82. The lowest BCUT2D eigenvalue weighted by Crippen LogP contribution is -2.21. The van der Waals surface area contributed by atoms with E-state index in [4.69, 9.17) is 0 Å². The molecule has 2 rings (SSSR count). The average Bonchev–Trinajstić information content (AvgIpc) is 2.47. The third-order valence-electron chi connectivity index (χ3n) is 2.82. The summed E-state index contributed by atoms with van der Waals surface area (Å²) in [5, 5.41) is 12.1. The SMILES string of the molecule is O=C(Nc1cccc(C(F)(F)F)c1)C(O)c1ccccc1. The fourth-order valence-electron chi connectivity index (χ4n) is 1.77. The molecule has 6 heteroatoms. The standard InChI is InChI=1S/C15H12F3NO2/c16-15(17,18)11-7-4-8-12(9-11)19-14(21)13(20)10-5-2-1-3-6-10/h1-9,13,20H,(H,19,21). The van der Waals surface area contributed by atoms with Crippen LogP contribution in [0.3, 0.4) is 0 Å². The van der Waals surface area contributed by atoms with Crippen molar-refractivity contribution >= 4 is 11.6 Å². The number of carbonyl (C=O) groups is 1. The number of hydrogen-bond donors (Lipinski definition) is 2. The number of rotatable bonds is 3. The first kappa shape index (κ1) is 15.1. The summed E-state index contributed by atoms with van der Waals surface area (Å²) in [7, 11) is 0. The molecule has 0 bridgehead atoms. The predicted molar refractivity (Wildman–Crippen MR) is 71.5 cm³/mol. The van der Waals surface area contributed by atoms with Crippen LogP contribution in [0.5, 0.6) is 0 Å². The fraction of sp³-hybridized carbons (Fsp3) is 0.133. The van der Waals surface area contributed by atoms with Crippen molar-refractivity contribution in [2.75, 3.05) is 5.32 Å². The summed E-state index contributed by atoms with van der Waals surface area (Å²) in [6.07, 6.45) is -5.93. The largest absolute Gasteiger partial charge is 0.416 e. The molecule has 2 N–H and O–H groups in total. The van der Waals surface area contributed by atoms with E-state index in [0.29, 0.717) is 5.56 Å². The van der Waals surface area contributed by atoms with Crippen LogP contribution in [0.25, 0.3) is 0 Å². The second-order valence-electron chi connectivity index (χ2n) is 4.38. The van der Waals surface area contributed by atoms with E-state index < -0.39 is 23.8 Å². The van der Waals surface area contributed by atoms with Crippen molar-refractivity contribution in [1.29, 1.82) is 0 Å². The van der Waals surface area contributed by atoms with E-state index in [2.05, 4.69) is 5.32 Å². The molecule has 0 aliphatic carbocycles. The molecule has 3 nitrogen and oxygen atoms in total. The van der Waals surface area contributed by atoms with E-state index in [1.54, 1.807) is 30.3 Å². The molecule has 0 saturated heterocycles. The number of aliphatic hydroxyl groups is 1. The van der Waals surface area contributed by atoms with Gasteiger partial charge in [-0.05, 0) is 23.8 Å². The van der Waals surface area contributed by atoms with Gasteiger partial charge in [-0.3, -0.25) is 4.79 Å². The van der Waals surface area contributed by atoms with E-state index in [-0.39, 0.29) is 5.69 Å². The normalized spacial score (nSPS) is 12.8. The molecule has 1 amide bonds. The third-order valence-corrected chi connectivity index (χ3v) is 2.82. The molecule has 0 fully saturated rings. The van der Waals surface area contributed by atoms with Gasteiger partial charge in [0.05, 0.1) is 5.56 Å². The molecule has 2 aromatic rings. The summed E-state index contributed by atoms with van der Waals surface area (Å²) < 4.78 is 37.7. The summed E-state index contributed by atoms with van der Waals surface area (Å²) in [6, 6.07) is 12.4. The van der Waals surface area contributed by atoms with Crippen LogP contribution >= 0.6 is 0 Å². The Labute approximate surface area is 119 Å². The van der Waals surface area contributed by atoms with E-state index in [1.165, 1.54) is 12.1 Å². The minimum Gasteiger partial charge on any atom is -0.378 e. The van der Waals surface area contributed by atoms with Gasteiger partial charge in [0.2, 0.25) is 0 Å². The number of halogens is 3. The lowest BCUT2D eigenvalue weighted by atomic mass is 10.1. The number of carbonyl (C=O) groups excluding carboxylic acids is 1. The van der Waals surface area contributed by atoms with Gasteiger partial charge in [-0.15, -0.1) is 0 Å². The van der Waals surface area contributed by atoms with Crippen LogP contribution in [-0.2, 0) is 11.0 Å². The summed E-state index contributed by atoms with van der Waals surface area (Å²) in [6.45, 7) is 0. The predicted octanol–water partition coefficient (Wildman–Crippen LogP) is 3.38. The Kier molecular flexibility index (Phi) is 4.28. The van der Waals surface area contributed by atoms with Gasteiger partial charge in [0.1, 0.15) is 0 Å². The van der Waals surface area contributed by atoms with Crippen molar-refractivity contribution in [3.63, 3.8) is 0 Å². The van der Waals surface area contributed by atoms with Crippen LogP contribution in [0.2, 0.25) is 0 Å². The number of nitrogens with one attached hydrogen (secondary N) is 1. The molecule has 0 aliphatic heterocycles. The first-order chi connectivity index (χ1) is 9.88. The second-order valence-corrected chi connectivity index (χ2v) is 4.38. The smallest absolute Gasteiger partial charge is 0.378 e. The van der Waals surface area contributed by atoms with Crippen LogP contribution < -0.4 is 5.32 Å². The molecule has 0 heterocycles. The summed E-state index contributed by atoms with van der Waals surface area (Å²) in [5.41, 5.74) is -0.527. The highest BCUT2D eigenvalue weighted by atomic mass is 19.4. The first-order valence-electron chi connectivity index (χ1n) is 6.09. The zero-order valence-corrected chi connectivity index (χ0v) is 10.8. The van der Waals surface area contributed by atoms with Crippen molar-refractivity contribution in [1.82, 2.24) is 0 Å². The van der Waals surface area contributed by atoms with Gasteiger partial charge in [0.15, 0.2) is 6.10 Å². The minimum absolute atomic E-state index is 0.0233. The molecule has 0 radical (unpaired) electrons. The van der Waals surface area contributed by atoms with Crippen LogP contribution in [0.1, 0.15) is 17.2 Å². The lowest BCUT2D eigenvalue weighted by Gasteiger charge is -2.13. The van der Waals surface area contributed by atoms with E-state index in [0.717, 1.165) is 12.1 Å². The van der Waals surface area contributed by atoms with Gasteiger partial charge < -0.3 is 10.4 Å². The van der Waals surface area contributed by atoms with Crippen LogP contribution in [0.15, 0.2) is 54.6 Å². The number of hydrogen-bond acceptors (Lipinski definition) is 2. The number of benzene rings is 2. The highest BCUT2D eigenvalue weighted by molar-refractivity contribution is 5.94. The summed E-state index contributed by atoms with van der Waals surface area (Å²) in [5.74, 6) is -0.791. The molecular weight excluding hydrogens is 283 g/mol. The molecule has 2 aromatic carbocycles. The summed E-state index contributed by atoms with van der Waals surface area (Å²) >= 11 is 0. The van der Waals surface area contributed by atoms with E-state index in [1.807, 2.05) is 0 Å². The van der Waals surface area contributed by atoms with Crippen molar-refractivity contribution in [2.24, 2.45) is 0 Å². The molecule has 1 atom stereocenters. The number of aliphatic hydroxyl groups excluding tert-OH is 1. The minimum atomic E-state index is -4.49. The van der Waals surface area contributed by atoms with Crippen molar-refractivity contribution in [3.05, 3.63) is 65.7 Å². The Morgan fingerprint density at radius 2 is 1.71 bits per heavy atom. The van der Waals surface area contributed by atoms with Crippen molar-refractivity contribution < 1.29 is 23.1 Å². The van der Waals surface area contributed by atoms with Gasteiger partial charge >= 0.3 is 6.18 Å². The zero-order valence-electron chi connectivity index (χ0n) is 10.8. The molecule has 0 saturated carbocycles.